The van der Waals surface area contributed by atoms with Crippen molar-refractivity contribution >= 4 is 11.9 Å². The molecule has 112 valence electrons. The molecule has 1 aromatic carbocycles. The molecule has 0 spiro atoms. The van der Waals surface area contributed by atoms with Crippen LogP contribution in [-0.2, 0) is 4.79 Å². The summed E-state index contributed by atoms with van der Waals surface area (Å²) >= 11 is 0. The number of phenols is 2. The second kappa shape index (κ2) is 7.31. The number of carboxylic acids is 2. The van der Waals surface area contributed by atoms with E-state index < -0.39 is 42.1 Å². The van der Waals surface area contributed by atoms with Crippen LogP contribution in [0.4, 0.5) is 0 Å². The standard InChI is InChI=1S/C7H6O4.C5H10O4/c8-5-3-1-2-4(6(5)9)7(10)11;1-5(2-6,3-7)4(8)9/h1-3,8-9H,(H,10,11);6-7H,2-3H2,1H3,(H,8,9). The first-order valence-electron chi connectivity index (χ1n) is 5.39. The molecule has 0 aliphatic heterocycles. The Morgan fingerprint density at radius 2 is 1.60 bits per heavy atom. The van der Waals surface area contributed by atoms with Gasteiger partial charge in [0, 0.05) is 0 Å². The van der Waals surface area contributed by atoms with E-state index in [-0.39, 0.29) is 5.56 Å². The Bertz CT molecular complexity index is 478. The monoisotopic (exact) mass is 288 g/mol. The van der Waals surface area contributed by atoms with Crippen molar-refractivity contribution in [1.82, 2.24) is 0 Å². The average molecular weight is 288 g/mol. The summed E-state index contributed by atoms with van der Waals surface area (Å²) < 4.78 is 0. The molecule has 0 unspecified atom stereocenters. The smallest absolute Gasteiger partial charge is 0.339 e. The maximum atomic E-state index is 10.3. The number of carbonyl (C=O) groups is 2. The highest BCUT2D eigenvalue weighted by molar-refractivity contribution is 5.91. The van der Waals surface area contributed by atoms with Gasteiger partial charge in [-0.1, -0.05) is 6.07 Å². The number of carboxylic acid groups (broad SMARTS) is 2. The number of rotatable bonds is 4. The predicted octanol–water partition coefficient (Wildman–Crippen LogP) is -0.142. The minimum absolute atomic E-state index is 0.301. The molecule has 0 radical (unpaired) electrons. The van der Waals surface area contributed by atoms with Crippen LogP contribution in [0, 0.1) is 5.41 Å². The lowest BCUT2D eigenvalue weighted by atomic mass is 9.94. The number of aliphatic hydroxyl groups excluding tert-OH is 2. The van der Waals surface area contributed by atoms with E-state index in [1.807, 2.05) is 0 Å². The van der Waals surface area contributed by atoms with Crippen LogP contribution in [0.25, 0.3) is 0 Å². The third kappa shape index (κ3) is 4.41. The molecule has 0 fully saturated rings. The second-order valence-corrected chi connectivity index (χ2v) is 4.16. The summed E-state index contributed by atoms with van der Waals surface area (Å²) in [6.45, 7) is 0.187. The molecule has 0 amide bonds. The van der Waals surface area contributed by atoms with Gasteiger partial charge in [0.1, 0.15) is 11.0 Å². The Kier molecular flexibility index (Phi) is 6.47. The molecular formula is C12H16O8. The molecule has 0 saturated carbocycles. The average Bonchev–Trinajstić information content (AvgIpc) is 2.41. The van der Waals surface area contributed by atoms with Crippen molar-refractivity contribution in [3.05, 3.63) is 23.8 Å². The summed E-state index contributed by atoms with van der Waals surface area (Å²) in [7, 11) is 0. The zero-order chi connectivity index (χ0) is 15.9. The number of aromatic carboxylic acids is 1. The lowest BCUT2D eigenvalue weighted by Crippen LogP contribution is -2.35. The maximum Gasteiger partial charge on any atom is 0.339 e. The van der Waals surface area contributed by atoms with Crippen LogP contribution in [0.2, 0.25) is 0 Å². The van der Waals surface area contributed by atoms with Gasteiger partial charge in [-0.25, -0.2) is 4.79 Å². The van der Waals surface area contributed by atoms with E-state index in [1.54, 1.807) is 0 Å². The van der Waals surface area contributed by atoms with Gasteiger partial charge in [-0.2, -0.15) is 0 Å². The fourth-order valence-corrected chi connectivity index (χ4v) is 0.889. The number of benzene rings is 1. The molecule has 1 rings (SSSR count). The minimum atomic E-state index is -1.39. The number of aliphatic hydroxyl groups is 2. The van der Waals surface area contributed by atoms with E-state index in [1.165, 1.54) is 25.1 Å². The SMILES string of the molecule is CC(CO)(CO)C(=O)O.O=C(O)c1cccc(O)c1O. The largest absolute Gasteiger partial charge is 0.504 e. The van der Waals surface area contributed by atoms with Crippen molar-refractivity contribution in [1.29, 1.82) is 0 Å². The summed E-state index contributed by atoms with van der Waals surface area (Å²) in [6, 6.07) is 3.76. The number of hydrogen-bond acceptors (Lipinski definition) is 6. The van der Waals surface area contributed by atoms with Crippen LogP contribution < -0.4 is 0 Å². The molecule has 0 bridgehead atoms. The second-order valence-electron chi connectivity index (χ2n) is 4.16. The normalized spacial score (nSPS) is 10.3. The number of phenolic OH excluding ortho intramolecular Hbond substituents is 1. The van der Waals surface area contributed by atoms with Crippen LogP contribution >= 0.6 is 0 Å². The van der Waals surface area contributed by atoms with Gasteiger partial charge in [-0.15, -0.1) is 0 Å². The van der Waals surface area contributed by atoms with Crippen LogP contribution in [-0.4, -0.2) is 55.8 Å². The van der Waals surface area contributed by atoms with Gasteiger partial charge in [0.05, 0.1) is 13.2 Å². The van der Waals surface area contributed by atoms with Crippen molar-refractivity contribution < 1.29 is 40.2 Å². The van der Waals surface area contributed by atoms with E-state index in [9.17, 15) is 9.59 Å². The van der Waals surface area contributed by atoms with E-state index in [4.69, 9.17) is 30.6 Å². The summed E-state index contributed by atoms with van der Waals surface area (Å²) in [5.41, 5.74) is -1.69. The molecule has 20 heavy (non-hydrogen) atoms. The Morgan fingerprint density at radius 3 is 1.85 bits per heavy atom. The molecule has 0 heterocycles. The quantitative estimate of drug-likeness (QED) is 0.418. The van der Waals surface area contributed by atoms with Crippen LogP contribution in [0.15, 0.2) is 18.2 Å². The lowest BCUT2D eigenvalue weighted by molar-refractivity contribution is -0.152. The van der Waals surface area contributed by atoms with Crippen LogP contribution in [0.3, 0.4) is 0 Å². The predicted molar refractivity (Wildman–Crippen MR) is 66.6 cm³/mol. The Morgan fingerprint density at radius 1 is 1.10 bits per heavy atom. The van der Waals surface area contributed by atoms with Crippen molar-refractivity contribution in [2.75, 3.05) is 13.2 Å². The Balaban J connectivity index is 0.000000370. The molecule has 0 aliphatic carbocycles. The van der Waals surface area contributed by atoms with Crippen molar-refractivity contribution in [3.8, 4) is 11.5 Å². The number of hydrogen-bond donors (Lipinski definition) is 6. The molecule has 0 saturated heterocycles. The molecular weight excluding hydrogens is 272 g/mol. The van der Waals surface area contributed by atoms with Crippen molar-refractivity contribution in [2.45, 2.75) is 6.92 Å². The van der Waals surface area contributed by atoms with Crippen LogP contribution in [0.1, 0.15) is 17.3 Å². The van der Waals surface area contributed by atoms with Gasteiger partial charge in [0.2, 0.25) is 0 Å². The highest BCUT2D eigenvalue weighted by atomic mass is 16.4. The first kappa shape index (κ1) is 17.7. The van der Waals surface area contributed by atoms with Gasteiger partial charge < -0.3 is 30.6 Å². The third-order valence-corrected chi connectivity index (χ3v) is 2.46. The molecule has 8 nitrogen and oxygen atoms in total. The first-order valence-corrected chi connectivity index (χ1v) is 5.39. The Hall–Kier alpha value is -2.32. The highest BCUT2D eigenvalue weighted by Crippen LogP contribution is 2.27. The minimum Gasteiger partial charge on any atom is -0.504 e. The number of aliphatic carboxylic acids is 1. The fraction of sp³-hybridized carbons (Fsp3) is 0.333. The van der Waals surface area contributed by atoms with E-state index in [0.717, 1.165) is 0 Å². The molecule has 0 atom stereocenters. The van der Waals surface area contributed by atoms with Gasteiger partial charge in [-0.05, 0) is 19.1 Å². The fourth-order valence-electron chi connectivity index (χ4n) is 0.889. The van der Waals surface area contributed by atoms with E-state index >= 15 is 0 Å². The maximum absolute atomic E-state index is 10.3. The van der Waals surface area contributed by atoms with E-state index in [2.05, 4.69) is 0 Å². The summed E-state index contributed by atoms with van der Waals surface area (Å²) in [4.78, 5) is 20.5. The Labute approximate surface area is 114 Å². The van der Waals surface area contributed by atoms with Gasteiger partial charge in [0.25, 0.3) is 0 Å². The van der Waals surface area contributed by atoms with Gasteiger partial charge in [0.15, 0.2) is 11.5 Å². The summed E-state index contributed by atoms with van der Waals surface area (Å²) in [5, 5.41) is 51.3. The van der Waals surface area contributed by atoms with Crippen molar-refractivity contribution in [3.63, 3.8) is 0 Å². The molecule has 8 heteroatoms. The van der Waals surface area contributed by atoms with Gasteiger partial charge >= 0.3 is 11.9 Å². The molecule has 6 N–H and O–H groups in total. The molecule has 0 aliphatic rings. The summed E-state index contributed by atoms with van der Waals surface area (Å²) in [5.74, 6) is -3.48. The zero-order valence-electron chi connectivity index (χ0n) is 10.6. The number of para-hydroxylation sites is 1. The summed E-state index contributed by atoms with van der Waals surface area (Å²) in [6.07, 6.45) is 0. The van der Waals surface area contributed by atoms with Crippen LogP contribution in [0.5, 0.6) is 11.5 Å². The first-order chi connectivity index (χ1) is 9.19. The highest BCUT2D eigenvalue weighted by Gasteiger charge is 2.31. The van der Waals surface area contributed by atoms with Gasteiger partial charge in [-0.3, -0.25) is 4.79 Å². The third-order valence-electron chi connectivity index (χ3n) is 2.46. The topological polar surface area (TPSA) is 156 Å². The van der Waals surface area contributed by atoms with E-state index in [0.29, 0.717) is 0 Å². The number of aromatic hydroxyl groups is 2. The lowest BCUT2D eigenvalue weighted by Gasteiger charge is -2.17. The molecule has 0 aromatic heterocycles. The molecule has 1 aromatic rings. The van der Waals surface area contributed by atoms with Crippen molar-refractivity contribution in [2.24, 2.45) is 5.41 Å². The zero-order valence-corrected chi connectivity index (χ0v) is 10.6.